The van der Waals surface area contributed by atoms with E-state index in [4.69, 9.17) is 10.2 Å². The topological polar surface area (TPSA) is 127 Å². The third kappa shape index (κ3) is 5.08. The van der Waals surface area contributed by atoms with Crippen molar-refractivity contribution in [1.29, 1.82) is 0 Å². The highest BCUT2D eigenvalue weighted by atomic mass is 16.4. The number of hydrogen-bond donors (Lipinski definition) is 4. The fraction of sp³-hybridized carbons (Fsp3) is 0.200. The number of carboxylic acid groups (broad SMARTS) is 2. The van der Waals surface area contributed by atoms with Gasteiger partial charge in [-0.2, -0.15) is 0 Å². The van der Waals surface area contributed by atoms with E-state index in [1.807, 2.05) is 0 Å². The van der Waals surface area contributed by atoms with Gasteiger partial charge < -0.3 is 21.7 Å². The lowest BCUT2D eigenvalue weighted by molar-refractivity contribution is 0.0651. The van der Waals surface area contributed by atoms with E-state index in [1.165, 1.54) is 38.4 Å². The Balaban J connectivity index is 0. The zero-order chi connectivity index (χ0) is 13.1. The Bertz CT molecular complexity index is 306. The highest BCUT2D eigenvalue weighted by molar-refractivity contribution is 6.01. The molecule has 16 heavy (non-hydrogen) atoms. The molecule has 0 amide bonds. The first-order valence-corrected chi connectivity index (χ1v) is 4.34. The number of carbonyl (C=O) groups is 2. The van der Waals surface area contributed by atoms with Gasteiger partial charge in [0.2, 0.25) is 0 Å². The molecule has 0 heterocycles. The van der Waals surface area contributed by atoms with Gasteiger partial charge in [-0.3, -0.25) is 0 Å². The molecule has 0 aromatic heterocycles. The van der Waals surface area contributed by atoms with Crippen LogP contribution in [0.1, 0.15) is 20.7 Å². The van der Waals surface area contributed by atoms with Gasteiger partial charge in [0.25, 0.3) is 0 Å². The SMILES string of the molecule is CN.CN.O=C(O)c1ccccc1C(=O)O. The Labute approximate surface area is 93.5 Å². The van der Waals surface area contributed by atoms with E-state index >= 15 is 0 Å². The Morgan fingerprint density at radius 3 is 1.31 bits per heavy atom. The molecule has 0 radical (unpaired) electrons. The third-order valence-electron chi connectivity index (χ3n) is 1.39. The van der Waals surface area contributed by atoms with E-state index in [9.17, 15) is 9.59 Å². The number of aromatic carboxylic acids is 2. The average molecular weight is 228 g/mol. The van der Waals surface area contributed by atoms with Crippen LogP contribution in [0.25, 0.3) is 0 Å². The molecule has 0 fully saturated rings. The molecule has 6 N–H and O–H groups in total. The van der Waals surface area contributed by atoms with Crippen molar-refractivity contribution < 1.29 is 19.8 Å². The van der Waals surface area contributed by atoms with Crippen molar-refractivity contribution >= 4 is 11.9 Å². The van der Waals surface area contributed by atoms with Crippen molar-refractivity contribution in [1.82, 2.24) is 0 Å². The zero-order valence-electron chi connectivity index (χ0n) is 9.18. The summed E-state index contributed by atoms with van der Waals surface area (Å²) in [6, 6.07) is 5.48. The molecule has 1 rings (SSSR count). The van der Waals surface area contributed by atoms with Gasteiger partial charge in [0.15, 0.2) is 0 Å². The van der Waals surface area contributed by atoms with Crippen molar-refractivity contribution in [3.63, 3.8) is 0 Å². The van der Waals surface area contributed by atoms with Crippen LogP contribution in [-0.2, 0) is 0 Å². The van der Waals surface area contributed by atoms with E-state index in [2.05, 4.69) is 11.5 Å². The zero-order valence-corrected chi connectivity index (χ0v) is 9.18. The number of nitrogens with two attached hydrogens (primary N) is 2. The van der Waals surface area contributed by atoms with Crippen LogP contribution in [0.3, 0.4) is 0 Å². The van der Waals surface area contributed by atoms with E-state index in [0.717, 1.165) is 0 Å². The lowest BCUT2D eigenvalue weighted by Crippen LogP contribution is -2.06. The Morgan fingerprint density at radius 2 is 1.12 bits per heavy atom. The maximum absolute atomic E-state index is 10.5. The monoisotopic (exact) mass is 228 g/mol. The summed E-state index contributed by atoms with van der Waals surface area (Å²) in [5.74, 6) is -2.46. The highest BCUT2D eigenvalue weighted by Gasteiger charge is 2.13. The standard InChI is InChI=1S/C8H6O4.2CH5N/c9-7(10)5-3-1-2-4-6(5)8(11)12;2*1-2/h1-4H,(H,9,10)(H,11,12);2*2H2,1H3. The molecule has 0 aliphatic heterocycles. The summed E-state index contributed by atoms with van der Waals surface area (Å²) in [6.07, 6.45) is 0. The van der Waals surface area contributed by atoms with Gasteiger partial charge in [-0.15, -0.1) is 0 Å². The minimum Gasteiger partial charge on any atom is -0.478 e. The second kappa shape index (κ2) is 9.63. The van der Waals surface area contributed by atoms with Crippen LogP contribution in [0.5, 0.6) is 0 Å². The molecule has 0 unspecified atom stereocenters. The largest absolute Gasteiger partial charge is 0.478 e. The van der Waals surface area contributed by atoms with Crippen LogP contribution in [0, 0.1) is 0 Å². The summed E-state index contributed by atoms with van der Waals surface area (Å²) >= 11 is 0. The summed E-state index contributed by atoms with van der Waals surface area (Å²) in [5, 5.41) is 17.1. The van der Waals surface area contributed by atoms with Crippen molar-refractivity contribution in [2.45, 2.75) is 0 Å². The third-order valence-corrected chi connectivity index (χ3v) is 1.39. The average Bonchev–Trinajstić information content (AvgIpc) is 2.34. The van der Waals surface area contributed by atoms with Crippen LogP contribution >= 0.6 is 0 Å². The van der Waals surface area contributed by atoms with Crippen LogP contribution < -0.4 is 11.5 Å². The van der Waals surface area contributed by atoms with Crippen molar-refractivity contribution in [2.24, 2.45) is 11.5 Å². The highest BCUT2D eigenvalue weighted by Crippen LogP contribution is 2.07. The van der Waals surface area contributed by atoms with Crippen molar-refractivity contribution in [2.75, 3.05) is 14.1 Å². The number of rotatable bonds is 2. The molecule has 1 aromatic rings. The summed E-state index contributed by atoms with van der Waals surface area (Å²) in [6.45, 7) is 0. The molecule has 6 heteroatoms. The van der Waals surface area contributed by atoms with Gasteiger partial charge in [-0.25, -0.2) is 9.59 Å². The van der Waals surface area contributed by atoms with E-state index in [1.54, 1.807) is 0 Å². The van der Waals surface area contributed by atoms with Crippen molar-refractivity contribution in [3.8, 4) is 0 Å². The van der Waals surface area contributed by atoms with Gasteiger partial charge in [0.05, 0.1) is 11.1 Å². The molecule has 0 atom stereocenters. The lowest BCUT2D eigenvalue weighted by atomic mass is 10.1. The molecular formula is C10H16N2O4. The van der Waals surface area contributed by atoms with Gasteiger partial charge in [-0.05, 0) is 26.2 Å². The molecular weight excluding hydrogens is 212 g/mol. The smallest absolute Gasteiger partial charge is 0.336 e. The van der Waals surface area contributed by atoms with Crippen LogP contribution in [-0.4, -0.2) is 36.2 Å². The summed E-state index contributed by atoms with van der Waals surface area (Å²) in [7, 11) is 3.00. The fourth-order valence-corrected chi connectivity index (χ4v) is 0.856. The molecule has 0 spiro atoms. The predicted molar refractivity (Wildman–Crippen MR) is 60.6 cm³/mol. The minimum atomic E-state index is -1.23. The maximum Gasteiger partial charge on any atom is 0.336 e. The summed E-state index contributed by atoms with van der Waals surface area (Å²) in [4.78, 5) is 20.9. The van der Waals surface area contributed by atoms with Crippen LogP contribution in [0.15, 0.2) is 24.3 Å². The molecule has 0 bridgehead atoms. The van der Waals surface area contributed by atoms with Gasteiger partial charge >= 0.3 is 11.9 Å². The van der Waals surface area contributed by atoms with Crippen LogP contribution in [0.2, 0.25) is 0 Å². The first kappa shape index (κ1) is 16.5. The molecule has 90 valence electrons. The molecule has 1 aromatic carbocycles. The van der Waals surface area contributed by atoms with Gasteiger partial charge in [0.1, 0.15) is 0 Å². The lowest BCUT2D eigenvalue weighted by Gasteiger charge is -1.98. The molecule has 0 aliphatic carbocycles. The summed E-state index contributed by atoms with van der Waals surface area (Å²) < 4.78 is 0. The minimum absolute atomic E-state index is 0.190. The number of hydrogen-bond acceptors (Lipinski definition) is 4. The molecule has 0 saturated heterocycles. The first-order chi connectivity index (χ1) is 7.63. The van der Waals surface area contributed by atoms with E-state index in [0.29, 0.717) is 0 Å². The Hall–Kier alpha value is -1.92. The molecule has 0 saturated carbocycles. The second-order valence-electron chi connectivity index (χ2n) is 2.16. The Morgan fingerprint density at radius 1 is 0.875 bits per heavy atom. The number of benzene rings is 1. The Kier molecular flexibility index (Phi) is 9.93. The predicted octanol–water partition coefficient (Wildman–Crippen LogP) is 0.233. The van der Waals surface area contributed by atoms with E-state index in [-0.39, 0.29) is 11.1 Å². The van der Waals surface area contributed by atoms with Crippen LogP contribution in [0.4, 0.5) is 0 Å². The molecule has 6 nitrogen and oxygen atoms in total. The fourth-order valence-electron chi connectivity index (χ4n) is 0.856. The normalized spacial score (nSPS) is 7.75. The quantitative estimate of drug-likeness (QED) is 0.574. The first-order valence-electron chi connectivity index (χ1n) is 4.34. The second-order valence-corrected chi connectivity index (χ2v) is 2.16. The van der Waals surface area contributed by atoms with Gasteiger partial charge in [0, 0.05) is 0 Å². The van der Waals surface area contributed by atoms with E-state index < -0.39 is 11.9 Å². The summed E-state index contributed by atoms with van der Waals surface area (Å²) in [5.41, 5.74) is 8.62. The van der Waals surface area contributed by atoms with Crippen molar-refractivity contribution in [3.05, 3.63) is 35.4 Å². The molecule has 0 aliphatic rings. The van der Waals surface area contributed by atoms with Gasteiger partial charge in [-0.1, -0.05) is 12.1 Å². The maximum atomic E-state index is 10.5. The number of carboxylic acids is 2.